The summed E-state index contributed by atoms with van der Waals surface area (Å²) in [6, 6.07) is 7.95. The lowest BCUT2D eigenvalue weighted by Gasteiger charge is -2.20. The average molecular weight is 311 g/mol. The fraction of sp³-hybridized carbons (Fsp3) is 0.438. The molecule has 2 N–H and O–H groups in total. The second-order valence-electron chi connectivity index (χ2n) is 5.18. The van der Waals surface area contributed by atoms with Gasteiger partial charge in [0, 0.05) is 43.4 Å². The molecule has 2 aromatic rings. The van der Waals surface area contributed by atoms with Crippen LogP contribution in [0.25, 0.3) is 11.0 Å². The molecule has 0 bridgehead atoms. The summed E-state index contributed by atoms with van der Waals surface area (Å²) in [5.41, 5.74) is 7.55. The van der Waals surface area contributed by atoms with E-state index in [4.69, 9.17) is 10.2 Å². The standard InChI is InChI=1S/C16H22N2O2.ClH/c1-4-14-13(10-18(3)16(19)11(2)9-17)12-7-5-6-8-15(12)20-14;/h5-8,11H,4,9-10,17H2,1-3H3;1H. The molecule has 1 aromatic heterocycles. The maximum absolute atomic E-state index is 12.2. The van der Waals surface area contributed by atoms with Crippen LogP contribution in [0.3, 0.4) is 0 Å². The van der Waals surface area contributed by atoms with Gasteiger partial charge < -0.3 is 15.1 Å². The summed E-state index contributed by atoms with van der Waals surface area (Å²) in [4.78, 5) is 13.9. The van der Waals surface area contributed by atoms with Crippen LogP contribution >= 0.6 is 12.4 Å². The van der Waals surface area contributed by atoms with E-state index in [0.717, 1.165) is 28.7 Å². The number of nitrogens with zero attached hydrogens (tertiary/aromatic N) is 1. The van der Waals surface area contributed by atoms with Gasteiger partial charge in [-0.15, -0.1) is 12.4 Å². The fourth-order valence-electron chi connectivity index (χ4n) is 2.40. The predicted molar refractivity (Wildman–Crippen MR) is 87.5 cm³/mol. The van der Waals surface area contributed by atoms with Crippen LogP contribution in [0.15, 0.2) is 28.7 Å². The molecule has 21 heavy (non-hydrogen) atoms. The molecule has 1 aromatic carbocycles. The number of benzene rings is 1. The van der Waals surface area contributed by atoms with Crippen LogP contribution in [0.1, 0.15) is 25.2 Å². The lowest BCUT2D eigenvalue weighted by atomic mass is 10.1. The van der Waals surface area contributed by atoms with E-state index in [1.807, 2.05) is 38.2 Å². The summed E-state index contributed by atoms with van der Waals surface area (Å²) in [5.74, 6) is 0.870. The number of aryl methyl sites for hydroxylation is 1. The molecule has 1 amide bonds. The number of hydrogen-bond acceptors (Lipinski definition) is 3. The molecule has 0 saturated heterocycles. The van der Waals surface area contributed by atoms with Gasteiger partial charge in [-0.2, -0.15) is 0 Å². The highest BCUT2D eigenvalue weighted by Gasteiger charge is 2.20. The number of nitrogens with two attached hydrogens (primary N) is 1. The van der Waals surface area contributed by atoms with Gasteiger partial charge >= 0.3 is 0 Å². The van der Waals surface area contributed by atoms with Crippen molar-refractivity contribution < 1.29 is 9.21 Å². The first-order valence-electron chi connectivity index (χ1n) is 7.02. The Balaban J connectivity index is 0.00000220. The van der Waals surface area contributed by atoms with E-state index >= 15 is 0 Å². The molecule has 1 heterocycles. The van der Waals surface area contributed by atoms with Crippen LogP contribution in [0.5, 0.6) is 0 Å². The van der Waals surface area contributed by atoms with E-state index in [1.165, 1.54) is 0 Å². The Morgan fingerprint density at radius 2 is 2.05 bits per heavy atom. The van der Waals surface area contributed by atoms with Crippen molar-refractivity contribution in [2.24, 2.45) is 11.7 Å². The summed E-state index contributed by atoms with van der Waals surface area (Å²) in [6.07, 6.45) is 0.818. The van der Waals surface area contributed by atoms with Crippen LogP contribution in [-0.2, 0) is 17.8 Å². The maximum atomic E-state index is 12.2. The van der Waals surface area contributed by atoms with E-state index in [-0.39, 0.29) is 24.2 Å². The molecule has 116 valence electrons. The quantitative estimate of drug-likeness (QED) is 0.923. The van der Waals surface area contributed by atoms with Crippen molar-refractivity contribution in [3.63, 3.8) is 0 Å². The average Bonchev–Trinajstić information content (AvgIpc) is 2.83. The van der Waals surface area contributed by atoms with Crippen molar-refractivity contribution in [1.29, 1.82) is 0 Å². The van der Waals surface area contributed by atoms with Crippen molar-refractivity contribution >= 4 is 29.3 Å². The molecule has 1 atom stereocenters. The summed E-state index contributed by atoms with van der Waals surface area (Å²) in [6.45, 7) is 4.85. The normalized spacial score (nSPS) is 12.0. The van der Waals surface area contributed by atoms with Gasteiger partial charge in [0.1, 0.15) is 11.3 Å². The van der Waals surface area contributed by atoms with Crippen LogP contribution in [0.2, 0.25) is 0 Å². The van der Waals surface area contributed by atoms with Gasteiger partial charge in [-0.3, -0.25) is 4.79 Å². The van der Waals surface area contributed by atoms with Crippen LogP contribution in [0.4, 0.5) is 0 Å². The first kappa shape index (κ1) is 17.5. The summed E-state index contributed by atoms with van der Waals surface area (Å²) in [5, 5.41) is 1.09. The van der Waals surface area contributed by atoms with Crippen LogP contribution in [-0.4, -0.2) is 24.4 Å². The number of furan rings is 1. The van der Waals surface area contributed by atoms with Gasteiger partial charge in [-0.1, -0.05) is 32.0 Å². The highest BCUT2D eigenvalue weighted by molar-refractivity contribution is 5.85. The Bertz CT molecular complexity index is 609. The van der Waals surface area contributed by atoms with Crippen molar-refractivity contribution in [3.8, 4) is 0 Å². The number of para-hydroxylation sites is 1. The van der Waals surface area contributed by atoms with Gasteiger partial charge in [0.15, 0.2) is 0 Å². The molecule has 0 fully saturated rings. The lowest BCUT2D eigenvalue weighted by Crippen LogP contribution is -2.34. The summed E-state index contributed by atoms with van der Waals surface area (Å²) >= 11 is 0. The number of carbonyl (C=O) groups excluding carboxylic acids is 1. The zero-order valence-electron chi connectivity index (χ0n) is 12.8. The molecule has 0 spiro atoms. The largest absolute Gasteiger partial charge is 0.461 e. The maximum Gasteiger partial charge on any atom is 0.226 e. The number of rotatable bonds is 5. The lowest BCUT2D eigenvalue weighted by molar-refractivity contribution is -0.133. The number of amides is 1. The Morgan fingerprint density at radius 1 is 1.38 bits per heavy atom. The molecular formula is C16H23ClN2O2. The first-order valence-corrected chi connectivity index (χ1v) is 7.02. The van der Waals surface area contributed by atoms with E-state index in [0.29, 0.717) is 13.1 Å². The molecule has 5 heteroatoms. The Labute approximate surface area is 131 Å². The second-order valence-corrected chi connectivity index (χ2v) is 5.18. The van der Waals surface area contributed by atoms with Crippen LogP contribution in [0, 0.1) is 5.92 Å². The van der Waals surface area contributed by atoms with Gasteiger partial charge in [0.2, 0.25) is 5.91 Å². The molecule has 1 unspecified atom stereocenters. The topological polar surface area (TPSA) is 59.5 Å². The minimum Gasteiger partial charge on any atom is -0.461 e. The van der Waals surface area contributed by atoms with E-state index in [1.54, 1.807) is 4.90 Å². The van der Waals surface area contributed by atoms with E-state index < -0.39 is 0 Å². The number of carbonyl (C=O) groups is 1. The molecule has 0 aliphatic heterocycles. The Kier molecular flexibility index (Phi) is 6.24. The smallest absolute Gasteiger partial charge is 0.226 e. The molecule has 0 radical (unpaired) electrons. The van der Waals surface area contributed by atoms with Crippen molar-refractivity contribution in [2.45, 2.75) is 26.8 Å². The van der Waals surface area contributed by atoms with Gasteiger partial charge in [-0.25, -0.2) is 0 Å². The van der Waals surface area contributed by atoms with Gasteiger partial charge in [-0.05, 0) is 6.07 Å². The Hall–Kier alpha value is -1.52. The van der Waals surface area contributed by atoms with Crippen molar-refractivity contribution in [2.75, 3.05) is 13.6 Å². The van der Waals surface area contributed by atoms with E-state index in [9.17, 15) is 4.79 Å². The number of fused-ring (bicyclic) bond motifs is 1. The van der Waals surface area contributed by atoms with Crippen molar-refractivity contribution in [1.82, 2.24) is 4.90 Å². The molecule has 0 saturated carbocycles. The zero-order valence-corrected chi connectivity index (χ0v) is 13.6. The van der Waals surface area contributed by atoms with Crippen molar-refractivity contribution in [3.05, 3.63) is 35.6 Å². The number of hydrogen-bond donors (Lipinski definition) is 1. The third-order valence-corrected chi connectivity index (χ3v) is 3.65. The fourth-order valence-corrected chi connectivity index (χ4v) is 2.40. The monoisotopic (exact) mass is 310 g/mol. The second kappa shape index (κ2) is 7.48. The SMILES string of the molecule is CCc1oc2ccccc2c1CN(C)C(=O)C(C)CN.Cl. The van der Waals surface area contributed by atoms with Gasteiger partial charge in [0.25, 0.3) is 0 Å². The number of halogens is 1. The highest BCUT2D eigenvalue weighted by Crippen LogP contribution is 2.27. The highest BCUT2D eigenvalue weighted by atomic mass is 35.5. The first-order chi connectivity index (χ1) is 9.58. The predicted octanol–water partition coefficient (Wildman–Crippen LogP) is 2.97. The molecule has 4 nitrogen and oxygen atoms in total. The van der Waals surface area contributed by atoms with E-state index in [2.05, 4.69) is 6.92 Å². The molecular weight excluding hydrogens is 288 g/mol. The molecule has 0 aliphatic rings. The zero-order chi connectivity index (χ0) is 14.7. The Morgan fingerprint density at radius 3 is 2.67 bits per heavy atom. The minimum atomic E-state index is -0.150. The third kappa shape index (κ3) is 3.57. The minimum absolute atomic E-state index is 0. The summed E-state index contributed by atoms with van der Waals surface area (Å²) < 4.78 is 5.85. The molecule has 0 aliphatic carbocycles. The van der Waals surface area contributed by atoms with Gasteiger partial charge in [0.05, 0.1) is 0 Å². The van der Waals surface area contributed by atoms with Crippen LogP contribution < -0.4 is 5.73 Å². The third-order valence-electron chi connectivity index (χ3n) is 3.65. The molecule has 2 rings (SSSR count). The summed E-state index contributed by atoms with van der Waals surface area (Å²) in [7, 11) is 1.82.